The molecule has 2 nitrogen and oxygen atoms in total. The van der Waals surface area contributed by atoms with Gasteiger partial charge in [0.2, 0.25) is 0 Å². The molecule has 4 aromatic carbocycles. The second-order valence-electron chi connectivity index (χ2n) is 7.02. The minimum atomic E-state index is -0.131. The Morgan fingerprint density at radius 2 is 0.897 bits per heavy atom. The van der Waals surface area contributed by atoms with Crippen molar-refractivity contribution in [1.82, 2.24) is 0 Å². The second-order valence-corrected chi connectivity index (χ2v) is 7.02. The Morgan fingerprint density at radius 3 is 1.28 bits per heavy atom. The van der Waals surface area contributed by atoms with E-state index in [4.69, 9.17) is 10.4 Å². The van der Waals surface area contributed by atoms with E-state index >= 15 is 0 Å². The van der Waals surface area contributed by atoms with Crippen LogP contribution in [-0.4, -0.2) is 20.1 Å². The van der Waals surface area contributed by atoms with E-state index < -0.39 is 0 Å². The highest BCUT2D eigenvalue weighted by Gasteiger charge is 2.21. The second kappa shape index (κ2) is 9.38. The Labute approximate surface area is 173 Å². The van der Waals surface area contributed by atoms with Crippen molar-refractivity contribution in [2.45, 2.75) is 0 Å². The Kier molecular flexibility index (Phi) is 6.20. The highest BCUT2D eigenvalue weighted by atomic mass is 16.4. The van der Waals surface area contributed by atoms with Crippen molar-refractivity contribution in [1.29, 1.82) is 0 Å². The molecule has 0 bridgehead atoms. The zero-order valence-electron chi connectivity index (χ0n) is 16.4. The van der Waals surface area contributed by atoms with E-state index in [1.807, 2.05) is 12.1 Å². The summed E-state index contributed by atoms with van der Waals surface area (Å²) in [5.41, 5.74) is 12.8. The number of hydrogen-bond acceptors (Lipinski definition) is 2. The predicted molar refractivity (Wildman–Crippen MR) is 124 cm³/mol. The fourth-order valence-electron chi connectivity index (χ4n) is 3.53. The van der Waals surface area contributed by atoms with Crippen LogP contribution >= 0.6 is 0 Å². The lowest BCUT2D eigenvalue weighted by atomic mass is 9.55. The predicted octanol–water partition coefficient (Wildman–Crippen LogP) is 4.10. The van der Waals surface area contributed by atoms with Gasteiger partial charge in [-0.25, -0.2) is 0 Å². The molecule has 0 saturated heterocycles. The van der Waals surface area contributed by atoms with E-state index in [0.717, 1.165) is 10.9 Å². The summed E-state index contributed by atoms with van der Waals surface area (Å²) < 4.78 is 6.13. The van der Waals surface area contributed by atoms with Crippen molar-refractivity contribution < 1.29 is 4.65 Å². The van der Waals surface area contributed by atoms with Gasteiger partial charge < -0.3 is 10.4 Å². The molecule has 4 rings (SSSR count). The van der Waals surface area contributed by atoms with Gasteiger partial charge in [-0.3, -0.25) is 0 Å². The lowest BCUT2D eigenvalue weighted by Gasteiger charge is -2.16. The molecule has 0 aliphatic heterocycles. The third-order valence-corrected chi connectivity index (χ3v) is 5.04. The summed E-state index contributed by atoms with van der Waals surface area (Å²) in [6.45, 7) is 0.889. The summed E-state index contributed by atoms with van der Waals surface area (Å²) >= 11 is 0. The molecule has 0 fully saturated rings. The first-order valence-corrected chi connectivity index (χ1v) is 9.97. The fourth-order valence-corrected chi connectivity index (χ4v) is 3.53. The molecule has 0 atom stereocenters. The van der Waals surface area contributed by atoms with Crippen molar-refractivity contribution >= 4 is 17.8 Å². The molecular formula is C26H24BNO. The molecule has 0 saturated carbocycles. The summed E-state index contributed by atoms with van der Waals surface area (Å²) in [6.07, 6.45) is 0. The summed E-state index contributed by atoms with van der Waals surface area (Å²) in [7, 11) is 0. The standard InChI is InChI=1S/C26H24BNO/c28-19-20-29-27(25-15-11-23(12-16-25)21-7-3-1-4-8-21)26-17-13-24(14-18-26)22-9-5-2-6-10-22/h1-18H,19-20,28H2. The van der Waals surface area contributed by atoms with Gasteiger partial charge in [0.1, 0.15) is 0 Å². The molecule has 3 heteroatoms. The van der Waals surface area contributed by atoms with Crippen molar-refractivity contribution in [3.63, 3.8) is 0 Å². The van der Waals surface area contributed by atoms with E-state index in [-0.39, 0.29) is 6.92 Å². The number of hydrogen-bond donors (Lipinski definition) is 1. The number of nitrogens with two attached hydrogens (primary N) is 1. The Morgan fingerprint density at radius 1 is 0.517 bits per heavy atom. The summed E-state index contributed by atoms with van der Waals surface area (Å²) in [4.78, 5) is 0. The average Bonchev–Trinajstić information content (AvgIpc) is 2.81. The van der Waals surface area contributed by atoms with Crippen LogP contribution in [0.1, 0.15) is 0 Å². The van der Waals surface area contributed by atoms with E-state index in [0.29, 0.717) is 13.2 Å². The molecule has 142 valence electrons. The van der Waals surface area contributed by atoms with Gasteiger partial charge in [-0.1, -0.05) is 109 Å². The maximum Gasteiger partial charge on any atom is 0.361 e. The zero-order valence-corrected chi connectivity index (χ0v) is 16.4. The number of benzene rings is 4. The van der Waals surface area contributed by atoms with Gasteiger partial charge >= 0.3 is 6.92 Å². The van der Waals surface area contributed by atoms with Gasteiger partial charge in [-0.2, -0.15) is 0 Å². The van der Waals surface area contributed by atoms with Crippen LogP contribution in [0, 0.1) is 0 Å². The molecule has 0 heterocycles. The monoisotopic (exact) mass is 377 g/mol. The van der Waals surface area contributed by atoms with Crippen molar-refractivity contribution in [2.75, 3.05) is 13.2 Å². The molecule has 0 aliphatic carbocycles. The van der Waals surface area contributed by atoms with Gasteiger partial charge in [0.15, 0.2) is 0 Å². The van der Waals surface area contributed by atoms with E-state index in [1.165, 1.54) is 22.3 Å². The first-order chi connectivity index (χ1) is 14.3. The van der Waals surface area contributed by atoms with Crippen molar-refractivity contribution in [3.05, 3.63) is 109 Å². The third-order valence-electron chi connectivity index (χ3n) is 5.04. The highest BCUT2D eigenvalue weighted by molar-refractivity contribution is 6.80. The maximum absolute atomic E-state index is 6.13. The van der Waals surface area contributed by atoms with E-state index in [9.17, 15) is 0 Å². The summed E-state index contributed by atoms with van der Waals surface area (Å²) in [5.74, 6) is 0. The van der Waals surface area contributed by atoms with Crippen LogP contribution in [0.25, 0.3) is 22.3 Å². The fraction of sp³-hybridized carbons (Fsp3) is 0.0769. The highest BCUT2D eigenvalue weighted by Crippen LogP contribution is 2.19. The van der Waals surface area contributed by atoms with Crippen LogP contribution in [0.2, 0.25) is 0 Å². The van der Waals surface area contributed by atoms with Crippen LogP contribution in [0.5, 0.6) is 0 Å². The average molecular weight is 377 g/mol. The molecule has 29 heavy (non-hydrogen) atoms. The lowest BCUT2D eigenvalue weighted by molar-refractivity contribution is 0.344. The molecule has 2 N–H and O–H groups in total. The van der Waals surface area contributed by atoms with Crippen molar-refractivity contribution in [3.8, 4) is 22.3 Å². The Hall–Kier alpha value is -3.14. The van der Waals surface area contributed by atoms with Gasteiger partial charge in [0.05, 0.1) is 0 Å². The van der Waals surface area contributed by atoms with Crippen LogP contribution in [0.3, 0.4) is 0 Å². The topological polar surface area (TPSA) is 35.2 Å². The molecule has 4 aromatic rings. The van der Waals surface area contributed by atoms with Gasteiger partial charge in [0.25, 0.3) is 0 Å². The molecule has 0 aromatic heterocycles. The summed E-state index contributed by atoms with van der Waals surface area (Å²) in [5, 5.41) is 0. The smallest absolute Gasteiger partial charge is 0.361 e. The SMILES string of the molecule is NCCOB(c1ccc(-c2ccccc2)cc1)c1ccc(-c2ccccc2)cc1. The first kappa shape index (κ1) is 19.2. The van der Waals surface area contributed by atoms with Crippen LogP contribution in [0.15, 0.2) is 109 Å². The minimum absolute atomic E-state index is 0.131. The van der Waals surface area contributed by atoms with Gasteiger partial charge in [0, 0.05) is 13.2 Å². The van der Waals surface area contributed by atoms with Crippen molar-refractivity contribution in [2.24, 2.45) is 5.73 Å². The molecule has 0 amide bonds. The van der Waals surface area contributed by atoms with Gasteiger partial charge in [-0.15, -0.1) is 0 Å². The van der Waals surface area contributed by atoms with Crippen LogP contribution < -0.4 is 16.7 Å². The minimum Gasteiger partial charge on any atom is -0.426 e. The van der Waals surface area contributed by atoms with E-state index in [2.05, 4.69) is 97.1 Å². The quantitative estimate of drug-likeness (QED) is 0.492. The molecule has 0 radical (unpaired) electrons. The zero-order chi connectivity index (χ0) is 19.9. The first-order valence-electron chi connectivity index (χ1n) is 9.97. The van der Waals surface area contributed by atoms with Crippen LogP contribution in [-0.2, 0) is 4.65 Å². The third kappa shape index (κ3) is 4.65. The Balaban J connectivity index is 1.60. The van der Waals surface area contributed by atoms with Crippen LogP contribution in [0.4, 0.5) is 0 Å². The summed E-state index contributed by atoms with van der Waals surface area (Å²) in [6, 6.07) is 38.0. The molecule has 0 spiro atoms. The molecule has 0 aliphatic rings. The molecular weight excluding hydrogens is 353 g/mol. The van der Waals surface area contributed by atoms with E-state index in [1.54, 1.807) is 0 Å². The maximum atomic E-state index is 6.13. The van der Waals surface area contributed by atoms with Gasteiger partial charge in [-0.05, 0) is 33.2 Å². The Bertz CT molecular complexity index is 933. The normalized spacial score (nSPS) is 10.7. The molecule has 0 unspecified atom stereocenters. The largest absolute Gasteiger partial charge is 0.426 e. The number of rotatable bonds is 7. The lowest BCUT2D eigenvalue weighted by Crippen LogP contribution is -2.45.